The number of hydrogen-bond acceptors (Lipinski definition) is 5. The van der Waals surface area contributed by atoms with Crippen LogP contribution in [0.5, 0.6) is 0 Å². The summed E-state index contributed by atoms with van der Waals surface area (Å²) in [4.78, 5) is 14.5. The summed E-state index contributed by atoms with van der Waals surface area (Å²) in [5.74, 6) is 0. The quantitative estimate of drug-likeness (QED) is 0.874. The van der Waals surface area contributed by atoms with Crippen LogP contribution in [0.3, 0.4) is 0 Å². The van der Waals surface area contributed by atoms with E-state index in [0.29, 0.717) is 11.2 Å². The lowest BCUT2D eigenvalue weighted by molar-refractivity contribution is 0.262. The van der Waals surface area contributed by atoms with Crippen LogP contribution in [0.2, 0.25) is 0 Å². The molecule has 24 heavy (non-hydrogen) atoms. The van der Waals surface area contributed by atoms with Gasteiger partial charge in [0.1, 0.15) is 0 Å². The molecule has 2 heterocycles. The predicted octanol–water partition coefficient (Wildman–Crippen LogP) is 4.12. The summed E-state index contributed by atoms with van der Waals surface area (Å²) in [7, 11) is 0. The van der Waals surface area contributed by atoms with Crippen molar-refractivity contribution in [2.75, 3.05) is 22.1 Å². The third-order valence-electron chi connectivity index (χ3n) is 4.33. The Balaban J connectivity index is 1.63. The molecule has 2 amide bonds. The SMILES string of the molecule is CCc1ccccc1NC(=O)Nc1nnc(N2CCCCC2C)s1. The number of aromatic nitrogens is 2. The molecular weight excluding hydrogens is 322 g/mol. The number of aryl methyl sites for hydroxylation is 1. The Labute approximate surface area is 146 Å². The van der Waals surface area contributed by atoms with E-state index in [1.165, 1.54) is 30.6 Å². The standard InChI is InChI=1S/C17H23N5OS/c1-3-13-9-4-5-10-14(13)18-15(23)19-16-20-21-17(24-16)22-11-7-6-8-12(22)2/h4-5,9-10,12H,3,6-8,11H2,1-2H3,(H2,18,19,20,23). The van der Waals surface area contributed by atoms with Crippen LogP contribution >= 0.6 is 11.3 Å². The third kappa shape index (κ3) is 3.84. The molecule has 0 radical (unpaired) electrons. The minimum absolute atomic E-state index is 0.287. The van der Waals surface area contributed by atoms with Crippen LogP contribution in [-0.4, -0.2) is 28.8 Å². The van der Waals surface area contributed by atoms with Crippen molar-refractivity contribution in [3.05, 3.63) is 29.8 Å². The van der Waals surface area contributed by atoms with Crippen molar-refractivity contribution in [3.63, 3.8) is 0 Å². The maximum atomic E-state index is 12.2. The maximum absolute atomic E-state index is 12.2. The Morgan fingerprint density at radius 1 is 1.29 bits per heavy atom. The Kier molecular flexibility index (Phi) is 5.30. The number of para-hydroxylation sites is 1. The molecule has 128 valence electrons. The fourth-order valence-electron chi connectivity index (χ4n) is 2.97. The molecule has 1 saturated heterocycles. The van der Waals surface area contributed by atoms with Crippen LogP contribution in [-0.2, 0) is 6.42 Å². The summed E-state index contributed by atoms with van der Waals surface area (Å²) in [5, 5.41) is 15.4. The Hall–Kier alpha value is -2.15. The minimum atomic E-state index is -0.287. The molecule has 1 aromatic heterocycles. The molecule has 1 aromatic carbocycles. The molecule has 1 atom stereocenters. The molecule has 3 rings (SSSR count). The second-order valence-electron chi connectivity index (χ2n) is 6.02. The van der Waals surface area contributed by atoms with Crippen LogP contribution < -0.4 is 15.5 Å². The minimum Gasteiger partial charge on any atom is -0.344 e. The van der Waals surface area contributed by atoms with Gasteiger partial charge in [0.15, 0.2) is 0 Å². The first-order valence-corrected chi connectivity index (χ1v) is 9.25. The number of nitrogens with one attached hydrogen (secondary N) is 2. The van der Waals surface area contributed by atoms with E-state index in [1.54, 1.807) is 0 Å². The lowest BCUT2D eigenvalue weighted by Gasteiger charge is -2.32. The summed E-state index contributed by atoms with van der Waals surface area (Å²) in [6.45, 7) is 5.28. The molecule has 1 unspecified atom stereocenters. The largest absolute Gasteiger partial charge is 0.344 e. The first-order valence-electron chi connectivity index (χ1n) is 8.43. The van der Waals surface area contributed by atoms with Gasteiger partial charge in [-0.2, -0.15) is 0 Å². The Morgan fingerprint density at radius 3 is 2.92 bits per heavy atom. The van der Waals surface area contributed by atoms with Gasteiger partial charge >= 0.3 is 6.03 Å². The predicted molar refractivity (Wildman–Crippen MR) is 99.0 cm³/mol. The van der Waals surface area contributed by atoms with Crippen molar-refractivity contribution in [1.29, 1.82) is 0 Å². The van der Waals surface area contributed by atoms with E-state index in [2.05, 4.69) is 39.6 Å². The van der Waals surface area contributed by atoms with Gasteiger partial charge in [-0.3, -0.25) is 5.32 Å². The molecule has 0 aliphatic carbocycles. The molecule has 1 aliphatic heterocycles. The van der Waals surface area contributed by atoms with Crippen LogP contribution in [0.25, 0.3) is 0 Å². The topological polar surface area (TPSA) is 70.1 Å². The first-order chi connectivity index (χ1) is 11.7. The average Bonchev–Trinajstić information content (AvgIpc) is 3.04. The van der Waals surface area contributed by atoms with E-state index in [1.807, 2.05) is 24.3 Å². The van der Waals surface area contributed by atoms with Gasteiger partial charge in [-0.1, -0.05) is 36.5 Å². The second kappa shape index (κ2) is 7.61. The molecule has 0 saturated carbocycles. The van der Waals surface area contributed by atoms with Gasteiger partial charge < -0.3 is 10.2 Å². The summed E-state index contributed by atoms with van der Waals surface area (Å²) in [6.07, 6.45) is 4.49. The van der Waals surface area contributed by atoms with Gasteiger partial charge in [0.25, 0.3) is 0 Å². The zero-order valence-corrected chi connectivity index (χ0v) is 14.9. The monoisotopic (exact) mass is 345 g/mol. The highest BCUT2D eigenvalue weighted by atomic mass is 32.1. The van der Waals surface area contributed by atoms with Gasteiger partial charge in [0, 0.05) is 18.3 Å². The number of amides is 2. The van der Waals surface area contributed by atoms with E-state index in [9.17, 15) is 4.79 Å². The van der Waals surface area contributed by atoms with Crippen molar-refractivity contribution in [3.8, 4) is 0 Å². The van der Waals surface area contributed by atoms with Crippen molar-refractivity contribution in [2.45, 2.75) is 45.6 Å². The number of carbonyl (C=O) groups excluding carboxylic acids is 1. The number of benzene rings is 1. The number of piperidine rings is 1. The highest BCUT2D eigenvalue weighted by molar-refractivity contribution is 7.19. The van der Waals surface area contributed by atoms with Crippen molar-refractivity contribution in [2.24, 2.45) is 0 Å². The van der Waals surface area contributed by atoms with Gasteiger partial charge in [-0.05, 0) is 44.2 Å². The highest BCUT2D eigenvalue weighted by Crippen LogP contribution is 2.29. The van der Waals surface area contributed by atoms with Crippen molar-refractivity contribution < 1.29 is 4.79 Å². The number of rotatable bonds is 4. The summed E-state index contributed by atoms with van der Waals surface area (Å²) < 4.78 is 0. The van der Waals surface area contributed by atoms with Crippen LogP contribution in [0.4, 0.5) is 20.7 Å². The number of nitrogens with zero attached hydrogens (tertiary/aromatic N) is 3. The van der Waals surface area contributed by atoms with E-state index in [-0.39, 0.29) is 6.03 Å². The molecule has 7 heteroatoms. The second-order valence-corrected chi connectivity index (χ2v) is 6.97. The summed E-state index contributed by atoms with van der Waals surface area (Å²) >= 11 is 1.42. The summed E-state index contributed by atoms with van der Waals surface area (Å²) in [6, 6.07) is 7.99. The highest BCUT2D eigenvalue weighted by Gasteiger charge is 2.22. The lowest BCUT2D eigenvalue weighted by Crippen LogP contribution is -2.37. The van der Waals surface area contributed by atoms with Crippen molar-refractivity contribution >= 4 is 33.3 Å². The first kappa shape index (κ1) is 16.7. The number of hydrogen-bond donors (Lipinski definition) is 2. The molecular formula is C17H23N5OS. The van der Waals surface area contributed by atoms with Gasteiger partial charge in [-0.15, -0.1) is 10.2 Å². The van der Waals surface area contributed by atoms with E-state index in [0.717, 1.165) is 29.3 Å². The Morgan fingerprint density at radius 2 is 2.12 bits per heavy atom. The van der Waals surface area contributed by atoms with Gasteiger partial charge in [0.05, 0.1) is 0 Å². The Bertz CT molecular complexity index is 702. The fraction of sp³-hybridized carbons (Fsp3) is 0.471. The van der Waals surface area contributed by atoms with Crippen LogP contribution in [0, 0.1) is 0 Å². The van der Waals surface area contributed by atoms with E-state index >= 15 is 0 Å². The van der Waals surface area contributed by atoms with Crippen LogP contribution in [0.1, 0.15) is 38.7 Å². The smallest absolute Gasteiger partial charge is 0.325 e. The zero-order valence-electron chi connectivity index (χ0n) is 14.1. The number of carbonyl (C=O) groups is 1. The lowest BCUT2D eigenvalue weighted by atomic mass is 10.1. The fourth-order valence-corrected chi connectivity index (χ4v) is 3.83. The molecule has 6 nitrogen and oxygen atoms in total. The molecule has 2 N–H and O–H groups in total. The van der Waals surface area contributed by atoms with Crippen molar-refractivity contribution in [1.82, 2.24) is 10.2 Å². The van der Waals surface area contributed by atoms with E-state index < -0.39 is 0 Å². The zero-order chi connectivity index (χ0) is 16.9. The number of urea groups is 1. The van der Waals surface area contributed by atoms with Gasteiger partial charge in [0.2, 0.25) is 10.3 Å². The molecule has 0 bridgehead atoms. The average molecular weight is 345 g/mol. The maximum Gasteiger partial charge on any atom is 0.325 e. The number of anilines is 3. The normalized spacial score (nSPS) is 17.6. The third-order valence-corrected chi connectivity index (χ3v) is 5.21. The summed E-state index contributed by atoms with van der Waals surface area (Å²) in [5.41, 5.74) is 1.93. The van der Waals surface area contributed by atoms with E-state index in [4.69, 9.17) is 0 Å². The molecule has 2 aromatic rings. The molecule has 1 fully saturated rings. The van der Waals surface area contributed by atoms with Gasteiger partial charge in [-0.25, -0.2) is 4.79 Å². The van der Waals surface area contributed by atoms with Crippen LogP contribution in [0.15, 0.2) is 24.3 Å². The molecule has 1 aliphatic rings. The molecule has 0 spiro atoms.